The molecule has 0 saturated carbocycles. The fraction of sp³-hybridized carbons (Fsp3) is 0.276. The van der Waals surface area contributed by atoms with Crippen molar-refractivity contribution < 1.29 is 4.74 Å². The molecule has 1 aromatic heterocycles. The molecule has 5 rings (SSSR count). The number of hydrogen-bond acceptors (Lipinski definition) is 5. The highest BCUT2D eigenvalue weighted by Crippen LogP contribution is 2.32. The van der Waals surface area contributed by atoms with Crippen LogP contribution in [-0.4, -0.2) is 18.2 Å². The van der Waals surface area contributed by atoms with Crippen molar-refractivity contribution in [1.82, 2.24) is 10.3 Å². The molecule has 3 aromatic carbocycles. The van der Waals surface area contributed by atoms with Gasteiger partial charge in [0.2, 0.25) is 0 Å². The average molecular weight is 539 g/mol. The van der Waals surface area contributed by atoms with E-state index in [-0.39, 0.29) is 0 Å². The van der Waals surface area contributed by atoms with Crippen molar-refractivity contribution in [3.8, 4) is 0 Å². The van der Waals surface area contributed by atoms with Gasteiger partial charge in [-0.1, -0.05) is 53.2 Å². The summed E-state index contributed by atoms with van der Waals surface area (Å²) in [5.74, 6) is 1.26. The Morgan fingerprint density at radius 1 is 0.917 bits per heavy atom. The van der Waals surface area contributed by atoms with Crippen LogP contribution >= 0.6 is 35.0 Å². The van der Waals surface area contributed by atoms with Gasteiger partial charge in [-0.15, -0.1) is 0 Å². The number of nitrogens with two attached hydrogens (primary N) is 1. The van der Waals surface area contributed by atoms with Gasteiger partial charge in [-0.05, 0) is 84.8 Å². The van der Waals surface area contributed by atoms with E-state index in [0.717, 1.165) is 61.1 Å². The fourth-order valence-corrected chi connectivity index (χ4v) is 6.07. The lowest BCUT2D eigenvalue weighted by Crippen LogP contribution is -2.18. The Bertz CT molecular complexity index is 1340. The number of benzene rings is 3. The summed E-state index contributed by atoms with van der Waals surface area (Å²) in [7, 11) is 0. The summed E-state index contributed by atoms with van der Waals surface area (Å²) in [6, 6.07) is 22.8. The van der Waals surface area contributed by atoms with E-state index in [1.807, 2.05) is 18.2 Å². The molecule has 0 spiro atoms. The van der Waals surface area contributed by atoms with Crippen molar-refractivity contribution in [2.75, 3.05) is 18.9 Å². The highest BCUT2D eigenvalue weighted by atomic mass is 35.5. The third-order valence-corrected chi connectivity index (χ3v) is 8.26. The van der Waals surface area contributed by atoms with Gasteiger partial charge in [0.05, 0.1) is 5.52 Å². The molecule has 1 fully saturated rings. The van der Waals surface area contributed by atoms with Crippen LogP contribution in [0, 0.1) is 5.92 Å². The summed E-state index contributed by atoms with van der Waals surface area (Å²) >= 11 is 14.3. The van der Waals surface area contributed by atoms with Gasteiger partial charge in [-0.2, -0.15) is 0 Å². The Balaban J connectivity index is 1.26. The molecule has 0 bridgehead atoms. The van der Waals surface area contributed by atoms with Gasteiger partial charge in [0.1, 0.15) is 5.82 Å². The molecule has 4 nitrogen and oxygen atoms in total. The van der Waals surface area contributed by atoms with Gasteiger partial charge >= 0.3 is 0 Å². The number of anilines is 1. The van der Waals surface area contributed by atoms with E-state index >= 15 is 0 Å². The van der Waals surface area contributed by atoms with Gasteiger partial charge in [-0.25, -0.2) is 4.98 Å². The Hall–Kier alpha value is -2.28. The van der Waals surface area contributed by atoms with E-state index in [4.69, 9.17) is 33.7 Å². The largest absolute Gasteiger partial charge is 0.383 e. The van der Waals surface area contributed by atoms with Gasteiger partial charge < -0.3 is 15.8 Å². The van der Waals surface area contributed by atoms with E-state index in [2.05, 4.69) is 58.8 Å². The van der Waals surface area contributed by atoms with Crippen LogP contribution in [0.4, 0.5) is 5.82 Å². The molecule has 2 heterocycles. The van der Waals surface area contributed by atoms with E-state index in [1.54, 1.807) is 11.8 Å². The number of fused-ring (bicyclic) bond motifs is 1. The second kappa shape index (κ2) is 11.8. The Labute approximate surface area is 226 Å². The first-order valence-corrected chi connectivity index (χ1v) is 13.8. The van der Waals surface area contributed by atoms with Gasteiger partial charge in [0.15, 0.2) is 0 Å². The number of nitrogen functional groups attached to an aromatic ring is 1. The summed E-state index contributed by atoms with van der Waals surface area (Å²) in [6.45, 7) is 3.03. The van der Waals surface area contributed by atoms with Crippen molar-refractivity contribution in [3.05, 3.63) is 93.5 Å². The van der Waals surface area contributed by atoms with Crippen LogP contribution in [0.2, 0.25) is 10.0 Å². The third kappa shape index (κ3) is 6.34. The van der Waals surface area contributed by atoms with Gasteiger partial charge in [-0.3, -0.25) is 0 Å². The first-order chi connectivity index (χ1) is 17.5. The summed E-state index contributed by atoms with van der Waals surface area (Å²) in [6.07, 6.45) is 3.14. The fourth-order valence-electron chi connectivity index (χ4n) is 4.59. The highest BCUT2D eigenvalue weighted by molar-refractivity contribution is 7.99. The molecule has 3 N–H and O–H groups in total. The topological polar surface area (TPSA) is 60.2 Å². The van der Waals surface area contributed by atoms with Crippen molar-refractivity contribution in [2.45, 2.75) is 42.1 Å². The third-order valence-electron chi connectivity index (χ3n) is 6.57. The van der Waals surface area contributed by atoms with Crippen molar-refractivity contribution >= 4 is 51.7 Å². The molecule has 36 heavy (non-hydrogen) atoms. The molecule has 4 aromatic rings. The van der Waals surface area contributed by atoms with Crippen LogP contribution in [0.1, 0.15) is 29.5 Å². The minimum atomic E-state index is 0.614. The van der Waals surface area contributed by atoms with E-state index < -0.39 is 0 Å². The van der Waals surface area contributed by atoms with Crippen molar-refractivity contribution in [1.29, 1.82) is 0 Å². The number of halogens is 2. The van der Waals surface area contributed by atoms with Crippen molar-refractivity contribution in [2.24, 2.45) is 5.92 Å². The molecule has 0 aliphatic carbocycles. The first-order valence-electron chi connectivity index (χ1n) is 12.2. The van der Waals surface area contributed by atoms with Gasteiger partial charge in [0, 0.05) is 57.1 Å². The summed E-state index contributed by atoms with van der Waals surface area (Å²) in [4.78, 5) is 7.05. The highest BCUT2D eigenvalue weighted by Gasteiger charge is 2.16. The predicted molar refractivity (Wildman–Crippen MR) is 151 cm³/mol. The van der Waals surface area contributed by atoms with E-state index in [0.29, 0.717) is 28.3 Å². The zero-order chi connectivity index (χ0) is 24.9. The number of nitrogens with zero attached hydrogens (tertiary/aromatic N) is 1. The minimum absolute atomic E-state index is 0.614. The number of ether oxygens (including phenoxy) is 1. The Morgan fingerprint density at radius 3 is 2.47 bits per heavy atom. The molecular formula is C29H29Cl2N3OS. The molecule has 0 atom stereocenters. The average Bonchev–Trinajstić information content (AvgIpc) is 2.87. The molecule has 7 heteroatoms. The van der Waals surface area contributed by atoms with Crippen LogP contribution in [0.3, 0.4) is 0 Å². The van der Waals surface area contributed by atoms with Crippen LogP contribution in [-0.2, 0) is 24.2 Å². The summed E-state index contributed by atoms with van der Waals surface area (Å²) in [5.41, 5.74) is 10.5. The van der Waals surface area contributed by atoms with E-state index in [1.165, 1.54) is 15.4 Å². The molecule has 186 valence electrons. The molecular weight excluding hydrogens is 509 g/mol. The normalized spacial score (nSPS) is 14.4. The standard InChI is InChI=1S/C29H29Cl2N3OS/c30-26-5-2-6-27(31)25(26)18-33-17-20-3-1-4-23(14-20)36-24-7-8-28-21(16-24)15-22(29(32)34-28)13-19-9-11-35-12-10-19/h1-8,14-16,19,33H,9-13,17-18H2,(H2,32,34). The minimum Gasteiger partial charge on any atom is -0.383 e. The van der Waals surface area contributed by atoms with Crippen LogP contribution in [0.5, 0.6) is 0 Å². The summed E-state index contributed by atoms with van der Waals surface area (Å²) < 4.78 is 5.51. The Kier molecular flexibility index (Phi) is 8.35. The molecule has 0 radical (unpaired) electrons. The lowest BCUT2D eigenvalue weighted by atomic mass is 9.92. The molecule has 0 amide bonds. The van der Waals surface area contributed by atoms with Crippen molar-refractivity contribution in [3.63, 3.8) is 0 Å². The number of rotatable bonds is 8. The van der Waals surface area contributed by atoms with Crippen LogP contribution in [0.25, 0.3) is 10.9 Å². The molecule has 1 saturated heterocycles. The number of nitrogens with one attached hydrogen (secondary N) is 1. The monoisotopic (exact) mass is 537 g/mol. The lowest BCUT2D eigenvalue weighted by molar-refractivity contribution is 0.0666. The number of pyridine rings is 1. The molecule has 1 aliphatic rings. The maximum Gasteiger partial charge on any atom is 0.127 e. The summed E-state index contributed by atoms with van der Waals surface area (Å²) in [5, 5.41) is 5.95. The van der Waals surface area contributed by atoms with Crippen LogP contribution in [0.15, 0.2) is 76.5 Å². The smallest absolute Gasteiger partial charge is 0.127 e. The molecule has 1 aliphatic heterocycles. The lowest BCUT2D eigenvalue weighted by Gasteiger charge is -2.22. The quantitative estimate of drug-likeness (QED) is 0.243. The maximum absolute atomic E-state index is 6.31. The van der Waals surface area contributed by atoms with Crippen LogP contribution < -0.4 is 11.1 Å². The zero-order valence-electron chi connectivity index (χ0n) is 20.0. The maximum atomic E-state index is 6.31. The predicted octanol–water partition coefficient (Wildman–Crippen LogP) is 7.53. The number of aromatic nitrogens is 1. The zero-order valence-corrected chi connectivity index (χ0v) is 22.3. The first kappa shape index (κ1) is 25.4. The second-order valence-electron chi connectivity index (χ2n) is 9.20. The SMILES string of the molecule is Nc1nc2ccc(Sc3cccc(CNCc4c(Cl)cccc4Cl)c3)cc2cc1CC1CCOCC1. The second-order valence-corrected chi connectivity index (χ2v) is 11.2. The Morgan fingerprint density at radius 2 is 1.67 bits per heavy atom. The number of hydrogen-bond donors (Lipinski definition) is 2. The van der Waals surface area contributed by atoms with E-state index in [9.17, 15) is 0 Å². The molecule has 0 unspecified atom stereocenters. The van der Waals surface area contributed by atoms with Gasteiger partial charge in [0.25, 0.3) is 0 Å².